The summed E-state index contributed by atoms with van der Waals surface area (Å²) in [5.41, 5.74) is -0.926. The minimum absolute atomic E-state index is 0.0833. The second kappa shape index (κ2) is 11.2. The van der Waals surface area contributed by atoms with Crippen LogP contribution in [0.2, 0.25) is 0 Å². The Hall–Kier alpha value is -2.49. The molecule has 174 valence electrons. The summed E-state index contributed by atoms with van der Waals surface area (Å²) in [5, 5.41) is 11.2. The third-order valence-electron chi connectivity index (χ3n) is 4.32. The van der Waals surface area contributed by atoms with Gasteiger partial charge in [0, 0.05) is 5.75 Å². The lowest BCUT2D eigenvalue weighted by Crippen LogP contribution is -2.29. The number of benzene rings is 1. The number of rotatable bonds is 10. The van der Waals surface area contributed by atoms with Crippen molar-refractivity contribution in [2.24, 2.45) is 10.8 Å². The van der Waals surface area contributed by atoms with Crippen LogP contribution in [-0.2, 0) is 20.9 Å². The number of thioether (sulfide) groups is 1. The van der Waals surface area contributed by atoms with E-state index in [1.807, 2.05) is 0 Å². The van der Waals surface area contributed by atoms with Gasteiger partial charge in [0.15, 0.2) is 16.6 Å². The van der Waals surface area contributed by atoms with Crippen LogP contribution >= 0.6 is 11.8 Å². The van der Waals surface area contributed by atoms with Crippen LogP contribution in [0.3, 0.4) is 0 Å². The van der Waals surface area contributed by atoms with Crippen molar-refractivity contribution in [2.45, 2.75) is 47.6 Å². The van der Waals surface area contributed by atoms with Gasteiger partial charge in [0.1, 0.15) is 13.2 Å². The summed E-state index contributed by atoms with van der Waals surface area (Å²) in [7, 11) is 2.75. The Morgan fingerprint density at radius 3 is 2.13 bits per heavy atom. The molecule has 0 aliphatic rings. The Morgan fingerprint density at radius 1 is 1.03 bits per heavy atom. The van der Waals surface area contributed by atoms with Gasteiger partial charge in [-0.1, -0.05) is 32.5 Å². The van der Waals surface area contributed by atoms with E-state index in [0.29, 0.717) is 5.75 Å². The molecule has 0 unspecified atom stereocenters. The van der Waals surface area contributed by atoms with Crippen LogP contribution in [0.1, 0.15) is 46.6 Å². The number of ether oxygens (including phenoxy) is 4. The summed E-state index contributed by atoms with van der Waals surface area (Å²) < 4.78 is 20.3. The first-order valence-electron chi connectivity index (χ1n) is 9.67. The van der Waals surface area contributed by atoms with Gasteiger partial charge in [-0.2, -0.15) is 0 Å². The molecule has 1 rings (SSSR count). The van der Waals surface area contributed by atoms with Crippen molar-refractivity contribution in [2.75, 3.05) is 26.6 Å². The van der Waals surface area contributed by atoms with Gasteiger partial charge < -0.3 is 18.9 Å². The van der Waals surface area contributed by atoms with Crippen LogP contribution in [0.5, 0.6) is 11.5 Å². The zero-order valence-corrected chi connectivity index (χ0v) is 19.9. The quantitative estimate of drug-likeness (QED) is 0.272. The number of methoxy groups -OCH3 is 2. The zero-order valence-electron chi connectivity index (χ0n) is 19.1. The Balaban J connectivity index is 2.67. The molecule has 0 atom stereocenters. The van der Waals surface area contributed by atoms with Gasteiger partial charge in [0.05, 0.1) is 36.2 Å². The molecule has 0 spiro atoms. The first kappa shape index (κ1) is 26.5. The smallest absolute Gasteiger partial charge is 0.493 e. The van der Waals surface area contributed by atoms with Gasteiger partial charge in [-0.25, -0.2) is 4.79 Å². The molecule has 0 amide bonds. The van der Waals surface area contributed by atoms with E-state index in [4.69, 9.17) is 18.9 Å². The molecular formula is C21H31NO8S. The van der Waals surface area contributed by atoms with E-state index in [1.165, 1.54) is 38.1 Å². The lowest BCUT2D eigenvalue weighted by Gasteiger charge is -2.23. The van der Waals surface area contributed by atoms with E-state index < -0.39 is 23.1 Å². The minimum Gasteiger partial charge on any atom is -0.493 e. The molecule has 0 radical (unpaired) electrons. The van der Waals surface area contributed by atoms with Gasteiger partial charge >= 0.3 is 6.16 Å². The fourth-order valence-electron chi connectivity index (χ4n) is 2.32. The predicted molar refractivity (Wildman–Crippen MR) is 118 cm³/mol. The topological polar surface area (TPSA) is 114 Å². The molecule has 10 heteroatoms. The molecule has 0 bridgehead atoms. The lowest BCUT2D eigenvalue weighted by molar-refractivity contribution is -0.385. The molecule has 31 heavy (non-hydrogen) atoms. The SMILES string of the molecule is COc1cc(COC(=O)OCC(C)(C)C(=O)SCCC(C)(C)C)c([N+](=O)[O-])cc1OC. The van der Waals surface area contributed by atoms with Crippen molar-refractivity contribution < 1.29 is 33.5 Å². The highest BCUT2D eigenvalue weighted by molar-refractivity contribution is 8.13. The van der Waals surface area contributed by atoms with Gasteiger partial charge in [-0.05, 0) is 31.7 Å². The highest BCUT2D eigenvalue weighted by atomic mass is 32.2. The summed E-state index contributed by atoms with van der Waals surface area (Å²) in [4.78, 5) is 35.1. The van der Waals surface area contributed by atoms with Crippen molar-refractivity contribution >= 4 is 28.7 Å². The third kappa shape index (κ3) is 8.64. The van der Waals surface area contributed by atoms with Crippen molar-refractivity contribution in [3.05, 3.63) is 27.8 Å². The highest BCUT2D eigenvalue weighted by Gasteiger charge is 2.30. The van der Waals surface area contributed by atoms with Crippen LogP contribution in [0.15, 0.2) is 12.1 Å². The second-order valence-electron chi connectivity index (χ2n) is 8.75. The van der Waals surface area contributed by atoms with Crippen LogP contribution in [0, 0.1) is 20.9 Å². The summed E-state index contributed by atoms with van der Waals surface area (Å²) in [6.45, 7) is 9.12. The molecule has 0 saturated carbocycles. The summed E-state index contributed by atoms with van der Waals surface area (Å²) in [6, 6.07) is 2.56. The number of carbonyl (C=O) groups excluding carboxylic acids is 2. The average molecular weight is 458 g/mol. The van der Waals surface area contributed by atoms with Gasteiger partial charge in [-0.3, -0.25) is 14.9 Å². The zero-order chi connectivity index (χ0) is 23.8. The van der Waals surface area contributed by atoms with Crippen LogP contribution in [0.25, 0.3) is 0 Å². The Labute approximate surface area is 186 Å². The fraction of sp³-hybridized carbons (Fsp3) is 0.619. The predicted octanol–water partition coefficient (Wildman–Crippen LogP) is 4.99. The average Bonchev–Trinajstić information content (AvgIpc) is 2.68. The number of nitrogens with zero attached hydrogens (tertiary/aromatic N) is 1. The molecule has 9 nitrogen and oxygen atoms in total. The minimum atomic E-state index is -1.02. The molecule has 0 N–H and O–H groups in total. The van der Waals surface area contributed by atoms with E-state index in [9.17, 15) is 19.7 Å². The lowest BCUT2D eigenvalue weighted by atomic mass is 9.94. The summed E-state index contributed by atoms with van der Waals surface area (Å²) in [5.74, 6) is 1.13. The molecule has 0 heterocycles. The normalized spacial score (nSPS) is 11.6. The molecule has 0 saturated heterocycles. The Bertz CT molecular complexity index is 801. The van der Waals surface area contributed by atoms with E-state index in [-0.39, 0.29) is 39.9 Å². The molecule has 0 aliphatic heterocycles. The standard InChI is InChI=1S/C21H31NO8S/c1-20(2,3)8-9-31-18(23)21(4,5)13-30-19(24)29-12-14-10-16(27-6)17(28-7)11-15(14)22(25)26/h10-11H,8-9,12-13H2,1-7H3. The maximum atomic E-state index is 12.4. The first-order chi connectivity index (χ1) is 14.3. The van der Waals surface area contributed by atoms with Crippen LogP contribution in [-0.4, -0.2) is 42.8 Å². The van der Waals surface area contributed by atoms with Gasteiger partial charge in [0.25, 0.3) is 5.69 Å². The van der Waals surface area contributed by atoms with E-state index >= 15 is 0 Å². The number of carbonyl (C=O) groups is 2. The van der Waals surface area contributed by atoms with Crippen molar-refractivity contribution in [1.29, 1.82) is 0 Å². The molecule has 0 fully saturated rings. The fourth-order valence-corrected chi connectivity index (χ4v) is 3.67. The van der Waals surface area contributed by atoms with Crippen molar-refractivity contribution in [1.82, 2.24) is 0 Å². The first-order valence-corrected chi connectivity index (χ1v) is 10.7. The maximum Gasteiger partial charge on any atom is 0.508 e. The molecular weight excluding hydrogens is 426 g/mol. The number of hydrogen-bond donors (Lipinski definition) is 0. The van der Waals surface area contributed by atoms with Crippen molar-refractivity contribution in [3.8, 4) is 11.5 Å². The number of nitro benzene ring substituents is 1. The van der Waals surface area contributed by atoms with E-state index in [2.05, 4.69) is 20.8 Å². The summed E-state index contributed by atoms with van der Waals surface area (Å²) in [6.07, 6.45) is -0.142. The maximum absolute atomic E-state index is 12.4. The van der Waals surface area contributed by atoms with E-state index in [0.717, 1.165) is 6.42 Å². The Kier molecular flexibility index (Phi) is 9.61. The molecule has 1 aromatic carbocycles. The second-order valence-corrected chi connectivity index (χ2v) is 9.82. The largest absolute Gasteiger partial charge is 0.508 e. The number of hydrogen-bond acceptors (Lipinski definition) is 9. The number of nitro groups is 1. The van der Waals surface area contributed by atoms with Gasteiger partial charge in [-0.15, -0.1) is 0 Å². The molecule has 1 aromatic rings. The monoisotopic (exact) mass is 457 g/mol. The van der Waals surface area contributed by atoms with E-state index in [1.54, 1.807) is 13.8 Å². The molecule has 0 aliphatic carbocycles. The third-order valence-corrected chi connectivity index (χ3v) is 5.54. The molecule has 0 aromatic heterocycles. The Morgan fingerprint density at radius 2 is 1.61 bits per heavy atom. The summed E-state index contributed by atoms with van der Waals surface area (Å²) >= 11 is 1.21. The van der Waals surface area contributed by atoms with Crippen LogP contribution < -0.4 is 9.47 Å². The highest BCUT2D eigenvalue weighted by Crippen LogP contribution is 2.35. The van der Waals surface area contributed by atoms with Gasteiger partial charge in [0.2, 0.25) is 0 Å². The van der Waals surface area contributed by atoms with Crippen LogP contribution in [0.4, 0.5) is 10.5 Å². The van der Waals surface area contributed by atoms with Crippen molar-refractivity contribution in [3.63, 3.8) is 0 Å².